The molecule has 0 bridgehead atoms. The van der Waals surface area contributed by atoms with Crippen molar-refractivity contribution in [2.75, 3.05) is 12.4 Å². The van der Waals surface area contributed by atoms with Crippen LogP contribution >= 0.6 is 11.8 Å². The lowest BCUT2D eigenvalue weighted by molar-refractivity contribution is 0.145. The standard InChI is InChI=1S/C17H16N2OS/c1-13-6-8-14(9-7-13)18-12-19-16-5-3-2-4-15(16)17-20-10-11-21-17/h2-9,17H,10-11H2,1H3. The summed E-state index contributed by atoms with van der Waals surface area (Å²) in [6, 6.07) is 18.7. The fourth-order valence-corrected chi connectivity index (χ4v) is 3.06. The number of aliphatic imine (C=N–C) groups is 2. The normalized spacial score (nSPS) is 17.3. The summed E-state index contributed by atoms with van der Waals surface area (Å²) in [5.41, 5.74) is 4.10. The highest BCUT2D eigenvalue weighted by Gasteiger charge is 2.20. The third-order valence-corrected chi connectivity index (χ3v) is 4.29. The first kappa shape index (κ1) is 14.1. The smallest absolute Gasteiger partial charge is 0.130 e. The van der Waals surface area contributed by atoms with Gasteiger partial charge in [-0.1, -0.05) is 35.9 Å². The van der Waals surface area contributed by atoms with Crippen molar-refractivity contribution in [3.8, 4) is 0 Å². The molecular weight excluding hydrogens is 280 g/mol. The molecular formula is C17H16N2OS. The van der Waals surface area contributed by atoms with Crippen LogP contribution in [0.25, 0.3) is 0 Å². The predicted octanol–water partition coefficient (Wildman–Crippen LogP) is 4.89. The summed E-state index contributed by atoms with van der Waals surface area (Å²) < 4.78 is 5.70. The molecule has 0 aliphatic carbocycles. The summed E-state index contributed by atoms with van der Waals surface area (Å²) >= 11 is 1.80. The zero-order chi connectivity index (χ0) is 14.5. The highest BCUT2D eigenvalue weighted by molar-refractivity contribution is 7.99. The summed E-state index contributed by atoms with van der Waals surface area (Å²) in [5.74, 6) is 1.03. The molecule has 106 valence electrons. The average molecular weight is 296 g/mol. The van der Waals surface area contributed by atoms with E-state index >= 15 is 0 Å². The van der Waals surface area contributed by atoms with Gasteiger partial charge in [0, 0.05) is 11.3 Å². The van der Waals surface area contributed by atoms with E-state index in [0.717, 1.165) is 29.3 Å². The number of nitrogens with zero attached hydrogens (tertiary/aromatic N) is 2. The van der Waals surface area contributed by atoms with Gasteiger partial charge < -0.3 is 4.74 Å². The zero-order valence-electron chi connectivity index (χ0n) is 11.8. The Morgan fingerprint density at radius 2 is 1.90 bits per heavy atom. The van der Waals surface area contributed by atoms with Crippen LogP contribution in [0.5, 0.6) is 0 Å². The first-order valence-electron chi connectivity index (χ1n) is 6.88. The van der Waals surface area contributed by atoms with Crippen LogP contribution in [0.4, 0.5) is 11.4 Å². The maximum atomic E-state index is 5.70. The van der Waals surface area contributed by atoms with Crippen LogP contribution in [0.2, 0.25) is 0 Å². The second kappa shape index (κ2) is 6.72. The van der Waals surface area contributed by atoms with Crippen LogP contribution < -0.4 is 0 Å². The van der Waals surface area contributed by atoms with Gasteiger partial charge in [-0.25, -0.2) is 0 Å². The van der Waals surface area contributed by atoms with Crippen molar-refractivity contribution in [3.63, 3.8) is 0 Å². The molecule has 0 radical (unpaired) electrons. The van der Waals surface area contributed by atoms with E-state index < -0.39 is 0 Å². The van der Waals surface area contributed by atoms with Gasteiger partial charge in [0.15, 0.2) is 0 Å². The maximum Gasteiger partial charge on any atom is 0.130 e. The molecule has 1 unspecified atom stereocenters. The van der Waals surface area contributed by atoms with Crippen LogP contribution in [0.3, 0.4) is 0 Å². The van der Waals surface area contributed by atoms with Crippen molar-refractivity contribution in [1.82, 2.24) is 0 Å². The molecule has 2 aromatic rings. The maximum absolute atomic E-state index is 5.70. The van der Waals surface area contributed by atoms with E-state index in [9.17, 15) is 0 Å². The molecule has 21 heavy (non-hydrogen) atoms. The highest BCUT2D eigenvalue weighted by atomic mass is 32.2. The molecule has 0 N–H and O–H groups in total. The molecule has 0 amide bonds. The fraction of sp³-hybridized carbons (Fsp3) is 0.235. The molecule has 1 aliphatic rings. The Labute approximate surface area is 128 Å². The summed E-state index contributed by atoms with van der Waals surface area (Å²) in [5, 5.41) is 0. The number of ether oxygens (including phenoxy) is 1. The van der Waals surface area contributed by atoms with Gasteiger partial charge in [0.25, 0.3) is 0 Å². The Balaban J connectivity index is 1.83. The second-order valence-corrected chi connectivity index (χ2v) is 5.96. The number of rotatable bonds is 3. The number of benzene rings is 2. The summed E-state index contributed by atoms with van der Waals surface area (Å²) in [4.78, 5) is 8.60. The van der Waals surface area contributed by atoms with E-state index in [2.05, 4.69) is 29.0 Å². The molecule has 0 saturated carbocycles. The van der Waals surface area contributed by atoms with Crippen LogP contribution in [-0.4, -0.2) is 18.4 Å². The number of para-hydroxylation sites is 1. The third kappa shape index (κ3) is 3.61. The van der Waals surface area contributed by atoms with Crippen molar-refractivity contribution in [2.45, 2.75) is 12.4 Å². The number of hydrogen-bond acceptors (Lipinski definition) is 4. The van der Waals surface area contributed by atoms with Gasteiger partial charge in [0.2, 0.25) is 0 Å². The largest absolute Gasteiger partial charge is 0.362 e. The van der Waals surface area contributed by atoms with Crippen molar-refractivity contribution in [3.05, 3.63) is 59.7 Å². The van der Waals surface area contributed by atoms with Gasteiger partial charge >= 0.3 is 0 Å². The van der Waals surface area contributed by atoms with Crippen LogP contribution in [0.15, 0.2) is 58.5 Å². The number of thioether (sulfide) groups is 1. The minimum atomic E-state index is 0.0751. The number of hydrogen-bond donors (Lipinski definition) is 0. The Morgan fingerprint density at radius 3 is 2.67 bits per heavy atom. The van der Waals surface area contributed by atoms with Crippen molar-refractivity contribution < 1.29 is 4.74 Å². The van der Waals surface area contributed by atoms with E-state index in [1.54, 1.807) is 11.8 Å². The van der Waals surface area contributed by atoms with E-state index in [0.29, 0.717) is 0 Å². The van der Waals surface area contributed by atoms with Crippen molar-refractivity contribution >= 4 is 29.1 Å². The topological polar surface area (TPSA) is 34.0 Å². The molecule has 1 fully saturated rings. The summed E-state index contributed by atoms with van der Waals surface area (Å²) in [7, 11) is 0. The monoisotopic (exact) mass is 296 g/mol. The Morgan fingerprint density at radius 1 is 1.10 bits per heavy atom. The first-order valence-corrected chi connectivity index (χ1v) is 7.93. The molecule has 3 nitrogen and oxygen atoms in total. The van der Waals surface area contributed by atoms with E-state index in [1.165, 1.54) is 5.56 Å². The molecule has 0 spiro atoms. The third-order valence-electron chi connectivity index (χ3n) is 3.20. The van der Waals surface area contributed by atoms with Crippen LogP contribution in [0.1, 0.15) is 16.6 Å². The van der Waals surface area contributed by atoms with Gasteiger partial charge in [0.05, 0.1) is 18.0 Å². The molecule has 1 saturated heterocycles. The van der Waals surface area contributed by atoms with Gasteiger partial charge in [-0.2, -0.15) is 9.98 Å². The first-order chi connectivity index (χ1) is 10.3. The Bertz CT molecular complexity index is 669. The summed E-state index contributed by atoms with van der Waals surface area (Å²) in [6.07, 6.45) is 0. The molecule has 1 atom stereocenters. The highest BCUT2D eigenvalue weighted by Crippen LogP contribution is 2.39. The summed E-state index contributed by atoms with van der Waals surface area (Å²) in [6.45, 7) is 2.85. The lowest BCUT2D eigenvalue weighted by Gasteiger charge is -2.10. The molecule has 4 heteroatoms. The van der Waals surface area contributed by atoms with Gasteiger partial charge in [-0.05, 0) is 25.1 Å². The number of aryl methyl sites for hydroxylation is 1. The van der Waals surface area contributed by atoms with Gasteiger partial charge in [-0.3, -0.25) is 0 Å². The lowest BCUT2D eigenvalue weighted by Crippen LogP contribution is -1.92. The Hall–Kier alpha value is -1.87. The predicted molar refractivity (Wildman–Crippen MR) is 88.0 cm³/mol. The van der Waals surface area contributed by atoms with Crippen LogP contribution in [0, 0.1) is 6.92 Å². The molecule has 0 aromatic heterocycles. The molecule has 1 heterocycles. The zero-order valence-corrected chi connectivity index (χ0v) is 12.6. The van der Waals surface area contributed by atoms with E-state index in [1.807, 2.05) is 42.5 Å². The SMILES string of the molecule is Cc1ccc(N=C=Nc2ccccc2C2OCCS2)cc1. The second-order valence-electron chi connectivity index (χ2n) is 4.79. The van der Waals surface area contributed by atoms with E-state index in [4.69, 9.17) is 4.74 Å². The van der Waals surface area contributed by atoms with Gasteiger partial charge in [0.1, 0.15) is 11.4 Å². The lowest BCUT2D eigenvalue weighted by atomic mass is 10.2. The van der Waals surface area contributed by atoms with Crippen molar-refractivity contribution in [1.29, 1.82) is 0 Å². The van der Waals surface area contributed by atoms with Gasteiger partial charge in [-0.15, -0.1) is 11.8 Å². The minimum absolute atomic E-state index is 0.0751. The van der Waals surface area contributed by atoms with E-state index in [-0.39, 0.29) is 5.44 Å². The molecule has 1 aliphatic heterocycles. The average Bonchev–Trinajstić information content (AvgIpc) is 3.04. The Kier molecular flexibility index (Phi) is 4.51. The quantitative estimate of drug-likeness (QED) is 0.755. The molecule has 2 aromatic carbocycles. The minimum Gasteiger partial charge on any atom is -0.362 e. The fourth-order valence-electron chi connectivity index (χ4n) is 2.08. The molecule has 3 rings (SSSR count). The van der Waals surface area contributed by atoms with Crippen LogP contribution in [-0.2, 0) is 4.74 Å². The van der Waals surface area contributed by atoms with Crippen molar-refractivity contribution in [2.24, 2.45) is 9.98 Å².